The molecule has 11 heteroatoms. The van der Waals surface area contributed by atoms with Crippen molar-refractivity contribution in [3.8, 4) is 5.75 Å². The highest BCUT2D eigenvalue weighted by Crippen LogP contribution is 2.33. The van der Waals surface area contributed by atoms with Gasteiger partial charge in [-0.05, 0) is 62.9 Å². The van der Waals surface area contributed by atoms with Gasteiger partial charge in [0.15, 0.2) is 4.80 Å². The lowest BCUT2D eigenvalue weighted by Gasteiger charge is -2.30. The molecule has 3 heterocycles. The summed E-state index contributed by atoms with van der Waals surface area (Å²) < 4.78 is 12.6. The third-order valence-electron chi connectivity index (χ3n) is 7.13. The summed E-state index contributed by atoms with van der Waals surface area (Å²) in [4.78, 5) is 45.6. The van der Waals surface area contributed by atoms with Crippen molar-refractivity contribution in [3.63, 3.8) is 0 Å². The lowest BCUT2D eigenvalue weighted by atomic mass is 9.95. The molecule has 0 bridgehead atoms. The number of rotatable bonds is 7. The van der Waals surface area contributed by atoms with Crippen LogP contribution >= 0.6 is 11.3 Å². The van der Waals surface area contributed by atoms with Crippen LogP contribution in [-0.4, -0.2) is 42.3 Å². The second-order valence-electron chi connectivity index (χ2n) is 9.63. The van der Waals surface area contributed by atoms with Crippen molar-refractivity contribution < 1.29 is 19.2 Å². The molecule has 0 spiro atoms. The predicted molar refractivity (Wildman–Crippen MR) is 153 cm³/mol. The highest BCUT2D eigenvalue weighted by molar-refractivity contribution is 7.07. The van der Waals surface area contributed by atoms with Crippen molar-refractivity contribution in [1.29, 1.82) is 0 Å². The van der Waals surface area contributed by atoms with E-state index in [-0.39, 0.29) is 23.4 Å². The fourth-order valence-corrected chi connectivity index (χ4v) is 6.29. The predicted octanol–water partition coefficient (Wildman–Crippen LogP) is 3.71. The third-order valence-corrected chi connectivity index (χ3v) is 8.11. The lowest BCUT2D eigenvalue weighted by Crippen LogP contribution is -2.40. The summed E-state index contributed by atoms with van der Waals surface area (Å²) in [7, 11) is 1.55. The number of aromatic nitrogens is 1. The van der Waals surface area contributed by atoms with Crippen LogP contribution in [0.3, 0.4) is 0 Å². The number of thiazole rings is 1. The third kappa shape index (κ3) is 5.16. The van der Waals surface area contributed by atoms with E-state index in [1.54, 1.807) is 51.3 Å². The van der Waals surface area contributed by atoms with Crippen LogP contribution in [0.5, 0.6) is 5.75 Å². The number of benzene rings is 2. The van der Waals surface area contributed by atoms with Crippen LogP contribution in [0.25, 0.3) is 6.08 Å². The molecule has 1 fully saturated rings. The average molecular weight is 563 g/mol. The van der Waals surface area contributed by atoms with E-state index in [4.69, 9.17) is 9.47 Å². The van der Waals surface area contributed by atoms with Gasteiger partial charge in [0.05, 0.1) is 40.5 Å². The molecule has 40 heavy (non-hydrogen) atoms. The Bertz CT molecular complexity index is 1680. The number of allylic oxidation sites excluding steroid dienone is 1. The van der Waals surface area contributed by atoms with Gasteiger partial charge >= 0.3 is 5.97 Å². The van der Waals surface area contributed by atoms with Gasteiger partial charge in [0.25, 0.3) is 11.2 Å². The van der Waals surface area contributed by atoms with Crippen molar-refractivity contribution in [2.45, 2.75) is 39.2 Å². The van der Waals surface area contributed by atoms with Crippen molar-refractivity contribution in [3.05, 3.63) is 94.7 Å². The number of nitrogens with zero attached hydrogens (tertiary/aromatic N) is 4. The number of piperidine rings is 1. The van der Waals surface area contributed by atoms with Crippen molar-refractivity contribution in [2.75, 3.05) is 31.7 Å². The molecule has 208 valence electrons. The Balaban J connectivity index is 1.72. The Morgan fingerprint density at radius 2 is 1.98 bits per heavy atom. The Kier molecular flexibility index (Phi) is 7.83. The summed E-state index contributed by atoms with van der Waals surface area (Å²) in [5.74, 6) is 0.0391. The normalized spacial score (nSPS) is 17.3. The number of hydrogen-bond acceptors (Lipinski definition) is 9. The first-order chi connectivity index (χ1) is 19.3. The van der Waals surface area contributed by atoms with Crippen LogP contribution in [0, 0.1) is 10.1 Å². The number of carbonyl (C=O) groups excluding carboxylic acids is 1. The Morgan fingerprint density at radius 3 is 2.67 bits per heavy atom. The SMILES string of the molecule is CCOC(=O)C1=C(C)N=c2sc(=Cc3cc([N+](=O)[O-])ccc3N3CCCCC3)c(=O)n2C1c1cccc(OC)c1. The van der Waals surface area contributed by atoms with E-state index in [2.05, 4.69) is 9.89 Å². The van der Waals surface area contributed by atoms with Gasteiger partial charge < -0.3 is 14.4 Å². The van der Waals surface area contributed by atoms with E-state index in [1.807, 2.05) is 6.07 Å². The van der Waals surface area contributed by atoms with Crippen LogP contribution in [0.4, 0.5) is 11.4 Å². The topological polar surface area (TPSA) is 116 Å². The molecule has 0 radical (unpaired) electrons. The summed E-state index contributed by atoms with van der Waals surface area (Å²) in [6.07, 6.45) is 4.92. The van der Waals surface area contributed by atoms with Crippen LogP contribution in [0.15, 0.2) is 63.5 Å². The number of non-ortho nitro benzene ring substituents is 1. The Labute approximate surface area is 234 Å². The highest BCUT2D eigenvalue weighted by Gasteiger charge is 2.33. The molecule has 0 amide bonds. The number of anilines is 1. The molecule has 5 rings (SSSR count). The monoisotopic (exact) mass is 562 g/mol. The fraction of sp³-hybridized carbons (Fsp3) is 0.345. The molecule has 0 aliphatic carbocycles. The zero-order chi connectivity index (χ0) is 28.4. The quantitative estimate of drug-likeness (QED) is 0.245. The molecule has 0 saturated carbocycles. The van der Waals surface area contributed by atoms with Crippen molar-refractivity contribution >= 4 is 34.8 Å². The molecule has 0 N–H and O–H groups in total. The molecule has 2 aromatic carbocycles. The van der Waals surface area contributed by atoms with Gasteiger partial charge in [-0.25, -0.2) is 9.79 Å². The average Bonchev–Trinajstić information content (AvgIpc) is 3.26. The van der Waals surface area contributed by atoms with E-state index in [1.165, 1.54) is 28.0 Å². The van der Waals surface area contributed by atoms with Crippen LogP contribution < -0.4 is 24.5 Å². The van der Waals surface area contributed by atoms with Gasteiger partial charge in [0.2, 0.25) is 0 Å². The van der Waals surface area contributed by atoms with E-state index in [0.29, 0.717) is 31.9 Å². The molecule has 1 saturated heterocycles. The summed E-state index contributed by atoms with van der Waals surface area (Å²) in [6.45, 7) is 5.32. The molecular weight excluding hydrogens is 532 g/mol. The van der Waals surface area contributed by atoms with Gasteiger partial charge in [-0.3, -0.25) is 19.5 Å². The molecule has 1 aromatic heterocycles. The number of esters is 1. The van der Waals surface area contributed by atoms with Gasteiger partial charge in [-0.1, -0.05) is 23.5 Å². The van der Waals surface area contributed by atoms with Gasteiger partial charge in [0, 0.05) is 36.5 Å². The van der Waals surface area contributed by atoms with Crippen LogP contribution in [0.1, 0.15) is 50.3 Å². The summed E-state index contributed by atoms with van der Waals surface area (Å²) in [5, 5.41) is 11.6. The minimum absolute atomic E-state index is 0.0468. The minimum Gasteiger partial charge on any atom is -0.497 e. The van der Waals surface area contributed by atoms with Crippen molar-refractivity contribution in [1.82, 2.24) is 4.57 Å². The number of hydrogen-bond donors (Lipinski definition) is 0. The van der Waals surface area contributed by atoms with E-state index in [0.717, 1.165) is 38.0 Å². The molecule has 2 aliphatic rings. The number of carbonyl (C=O) groups is 1. The highest BCUT2D eigenvalue weighted by atomic mass is 32.1. The second kappa shape index (κ2) is 11.5. The Hall–Kier alpha value is -4.25. The van der Waals surface area contributed by atoms with E-state index >= 15 is 0 Å². The maximum absolute atomic E-state index is 14.0. The zero-order valence-electron chi connectivity index (χ0n) is 22.6. The zero-order valence-corrected chi connectivity index (χ0v) is 23.4. The molecular formula is C29H30N4O6S. The van der Waals surface area contributed by atoms with E-state index in [9.17, 15) is 19.7 Å². The molecule has 2 aliphatic heterocycles. The van der Waals surface area contributed by atoms with Gasteiger partial charge in [-0.15, -0.1) is 0 Å². The second-order valence-corrected chi connectivity index (χ2v) is 10.6. The molecule has 1 atom stereocenters. The standard InChI is InChI=1S/C29H30N4O6S/c1-4-39-28(35)25-18(2)30-29-32(26(25)19-9-8-10-22(16-19)38-3)27(34)24(40-29)17-20-15-21(33(36)37)11-12-23(20)31-13-6-5-7-14-31/h8-12,15-17,26H,4-7,13-14H2,1-3H3. The van der Waals surface area contributed by atoms with Crippen LogP contribution in [0.2, 0.25) is 0 Å². The first-order valence-electron chi connectivity index (χ1n) is 13.2. The number of nitro groups is 1. The maximum atomic E-state index is 14.0. The number of nitro benzene ring substituents is 1. The number of ether oxygens (including phenoxy) is 2. The van der Waals surface area contributed by atoms with E-state index < -0.39 is 16.9 Å². The fourth-order valence-electron chi connectivity index (χ4n) is 5.25. The van der Waals surface area contributed by atoms with Gasteiger partial charge in [0.1, 0.15) is 5.75 Å². The van der Waals surface area contributed by atoms with Crippen molar-refractivity contribution in [2.24, 2.45) is 4.99 Å². The first kappa shape index (κ1) is 27.3. The first-order valence-corrected chi connectivity index (χ1v) is 14.0. The molecule has 3 aromatic rings. The van der Waals surface area contributed by atoms with Gasteiger partial charge in [-0.2, -0.15) is 0 Å². The number of methoxy groups -OCH3 is 1. The molecule has 10 nitrogen and oxygen atoms in total. The summed E-state index contributed by atoms with van der Waals surface area (Å²) in [6, 6.07) is 11.2. The van der Waals surface area contributed by atoms with Crippen LogP contribution in [-0.2, 0) is 9.53 Å². The largest absolute Gasteiger partial charge is 0.497 e. The molecule has 1 unspecified atom stereocenters. The maximum Gasteiger partial charge on any atom is 0.338 e. The Morgan fingerprint density at radius 1 is 1.20 bits per heavy atom. The lowest BCUT2D eigenvalue weighted by molar-refractivity contribution is -0.384. The summed E-state index contributed by atoms with van der Waals surface area (Å²) in [5.41, 5.74) is 2.47. The smallest absolute Gasteiger partial charge is 0.338 e. The number of fused-ring (bicyclic) bond motifs is 1. The summed E-state index contributed by atoms with van der Waals surface area (Å²) >= 11 is 1.19. The minimum atomic E-state index is -0.778.